The van der Waals surface area contributed by atoms with E-state index >= 15 is 0 Å². The van der Waals surface area contributed by atoms with E-state index in [4.69, 9.17) is 4.74 Å². The third-order valence-corrected chi connectivity index (χ3v) is 5.82. The molecule has 2 N–H and O–H groups in total. The van der Waals surface area contributed by atoms with Crippen molar-refractivity contribution in [1.29, 1.82) is 0 Å². The summed E-state index contributed by atoms with van der Waals surface area (Å²) in [5, 5.41) is 7.16. The molecule has 8 heteroatoms. The Morgan fingerprint density at radius 1 is 1.21 bits per heavy atom. The molecular formula is C21H24N4O2S2. The van der Waals surface area contributed by atoms with Crippen molar-refractivity contribution >= 4 is 39.9 Å². The minimum absolute atomic E-state index is 0.346. The van der Waals surface area contributed by atoms with Crippen LogP contribution in [-0.2, 0) is 5.75 Å². The van der Waals surface area contributed by atoms with Gasteiger partial charge in [-0.3, -0.25) is 5.32 Å². The number of pyridine rings is 1. The van der Waals surface area contributed by atoms with Crippen molar-refractivity contribution in [3.05, 3.63) is 59.2 Å². The number of aromatic nitrogens is 2. The molecule has 29 heavy (non-hydrogen) atoms. The quantitative estimate of drug-likeness (QED) is 0.442. The van der Waals surface area contributed by atoms with E-state index in [-0.39, 0.29) is 6.03 Å². The smallest absolute Gasteiger partial charge is 0.325 e. The first-order valence-corrected chi connectivity index (χ1v) is 11.1. The van der Waals surface area contributed by atoms with Gasteiger partial charge in [0.05, 0.1) is 17.3 Å². The zero-order chi connectivity index (χ0) is 20.6. The predicted molar refractivity (Wildman–Crippen MR) is 120 cm³/mol. The van der Waals surface area contributed by atoms with Gasteiger partial charge >= 0.3 is 6.03 Å². The molecule has 0 atom stereocenters. The molecule has 6 nitrogen and oxygen atoms in total. The van der Waals surface area contributed by atoms with Gasteiger partial charge in [0, 0.05) is 23.0 Å². The first-order valence-electron chi connectivity index (χ1n) is 9.29. The lowest BCUT2D eigenvalue weighted by atomic mass is 10.2. The van der Waals surface area contributed by atoms with Crippen molar-refractivity contribution in [3.8, 4) is 5.75 Å². The monoisotopic (exact) mass is 428 g/mol. The molecule has 1 aromatic carbocycles. The van der Waals surface area contributed by atoms with Crippen molar-refractivity contribution in [1.82, 2.24) is 9.97 Å². The molecule has 0 saturated heterocycles. The van der Waals surface area contributed by atoms with Crippen LogP contribution in [0.5, 0.6) is 5.75 Å². The third kappa shape index (κ3) is 6.76. The summed E-state index contributed by atoms with van der Waals surface area (Å²) in [7, 11) is 0. The molecule has 2 aromatic heterocycles. The Kier molecular flexibility index (Phi) is 7.48. The number of carbonyl (C=O) groups excluding carboxylic acids is 1. The van der Waals surface area contributed by atoms with Gasteiger partial charge < -0.3 is 10.1 Å². The number of thiazole rings is 1. The number of aryl methyl sites for hydroxylation is 1. The summed E-state index contributed by atoms with van der Waals surface area (Å²) in [6, 6.07) is 11.2. The Hall–Kier alpha value is -2.58. The normalized spacial score (nSPS) is 10.8. The number of urea groups is 1. The molecular weight excluding hydrogens is 404 g/mol. The zero-order valence-electron chi connectivity index (χ0n) is 16.6. The predicted octanol–water partition coefficient (Wildman–Crippen LogP) is 5.82. The molecule has 152 valence electrons. The first-order chi connectivity index (χ1) is 14.0. The van der Waals surface area contributed by atoms with Crippen LogP contribution in [0.25, 0.3) is 0 Å². The molecule has 2 heterocycles. The van der Waals surface area contributed by atoms with Crippen LogP contribution in [0.15, 0.2) is 53.8 Å². The lowest BCUT2D eigenvalue weighted by Crippen LogP contribution is -2.20. The van der Waals surface area contributed by atoms with Gasteiger partial charge in [0.15, 0.2) is 5.13 Å². The second kappa shape index (κ2) is 10.3. The first kappa shape index (κ1) is 21.1. The standard InChI is InChI=1S/C21H24N4O2S2/c1-14(2)12-27-18-10-15(3)7-8-17(18)24-20(26)25-21-23-11-16(29-21)13-28-19-6-4-5-9-22-19/h4-11,14H,12-13H2,1-3H3,(H2,23,24,25,26). The molecule has 0 bridgehead atoms. The number of thioether (sulfide) groups is 1. The van der Waals surface area contributed by atoms with Gasteiger partial charge in [0.25, 0.3) is 0 Å². The number of rotatable bonds is 8. The summed E-state index contributed by atoms with van der Waals surface area (Å²) in [5.74, 6) is 1.82. The van der Waals surface area contributed by atoms with Crippen LogP contribution in [-0.4, -0.2) is 22.6 Å². The van der Waals surface area contributed by atoms with Gasteiger partial charge in [-0.2, -0.15) is 0 Å². The summed E-state index contributed by atoms with van der Waals surface area (Å²) < 4.78 is 5.84. The van der Waals surface area contributed by atoms with Crippen LogP contribution < -0.4 is 15.4 Å². The van der Waals surface area contributed by atoms with Gasteiger partial charge in [-0.15, -0.1) is 23.1 Å². The fraction of sp³-hybridized carbons (Fsp3) is 0.286. The van der Waals surface area contributed by atoms with Crippen molar-refractivity contribution in [2.45, 2.75) is 31.6 Å². The van der Waals surface area contributed by atoms with E-state index < -0.39 is 0 Å². The topological polar surface area (TPSA) is 76.1 Å². The number of benzene rings is 1. The number of nitrogens with zero attached hydrogens (tertiary/aromatic N) is 2. The Balaban J connectivity index is 1.56. The molecule has 0 aliphatic rings. The molecule has 0 fully saturated rings. The van der Waals surface area contributed by atoms with E-state index in [1.807, 2.05) is 43.3 Å². The maximum Gasteiger partial charge on any atom is 0.325 e. The number of hydrogen-bond acceptors (Lipinski definition) is 6. The van der Waals surface area contributed by atoms with Gasteiger partial charge in [0.2, 0.25) is 0 Å². The van der Waals surface area contributed by atoms with Crippen molar-refractivity contribution in [2.24, 2.45) is 5.92 Å². The van der Waals surface area contributed by atoms with Gasteiger partial charge in [-0.25, -0.2) is 14.8 Å². The number of hydrogen-bond donors (Lipinski definition) is 2. The third-order valence-electron chi connectivity index (χ3n) is 3.73. The van der Waals surface area contributed by atoms with Crippen LogP contribution in [0, 0.1) is 12.8 Å². The van der Waals surface area contributed by atoms with E-state index in [9.17, 15) is 4.79 Å². The summed E-state index contributed by atoms with van der Waals surface area (Å²) >= 11 is 3.08. The highest BCUT2D eigenvalue weighted by molar-refractivity contribution is 7.98. The molecule has 0 saturated carbocycles. The second-order valence-electron chi connectivity index (χ2n) is 6.87. The molecule has 0 aliphatic heterocycles. The maximum absolute atomic E-state index is 12.4. The lowest BCUT2D eigenvalue weighted by Gasteiger charge is -2.14. The van der Waals surface area contributed by atoms with Crippen LogP contribution in [0.4, 0.5) is 15.6 Å². The van der Waals surface area contributed by atoms with Crippen LogP contribution in [0.1, 0.15) is 24.3 Å². The fourth-order valence-electron chi connectivity index (χ4n) is 2.37. The minimum Gasteiger partial charge on any atom is -0.491 e. The highest BCUT2D eigenvalue weighted by atomic mass is 32.2. The summed E-state index contributed by atoms with van der Waals surface area (Å²) in [5.41, 5.74) is 1.71. The average Bonchev–Trinajstić information content (AvgIpc) is 3.14. The molecule has 0 aliphatic carbocycles. The Morgan fingerprint density at radius 2 is 2.07 bits per heavy atom. The Morgan fingerprint density at radius 3 is 2.83 bits per heavy atom. The molecule has 0 spiro atoms. The van der Waals surface area contributed by atoms with Crippen molar-refractivity contribution in [2.75, 3.05) is 17.2 Å². The Labute approximate surface area is 179 Å². The number of anilines is 2. The highest BCUT2D eigenvalue weighted by Gasteiger charge is 2.11. The second-order valence-corrected chi connectivity index (χ2v) is 8.98. The summed E-state index contributed by atoms with van der Waals surface area (Å²) in [6.07, 6.45) is 3.55. The van der Waals surface area contributed by atoms with E-state index in [1.54, 1.807) is 24.2 Å². The van der Waals surface area contributed by atoms with Crippen molar-refractivity contribution < 1.29 is 9.53 Å². The van der Waals surface area contributed by atoms with E-state index in [0.29, 0.717) is 29.1 Å². The van der Waals surface area contributed by atoms with Gasteiger partial charge in [-0.05, 0) is 42.7 Å². The molecule has 3 rings (SSSR count). The summed E-state index contributed by atoms with van der Waals surface area (Å²) in [6.45, 7) is 6.75. The van der Waals surface area contributed by atoms with Crippen LogP contribution in [0.3, 0.4) is 0 Å². The number of ether oxygens (including phenoxy) is 1. The van der Waals surface area contributed by atoms with Gasteiger partial charge in [-0.1, -0.05) is 26.0 Å². The SMILES string of the molecule is Cc1ccc(NC(=O)Nc2ncc(CSc3ccccn3)s2)c(OCC(C)C)c1. The molecule has 0 unspecified atom stereocenters. The fourth-order valence-corrected chi connectivity index (χ4v) is 4.06. The zero-order valence-corrected chi connectivity index (χ0v) is 18.3. The summed E-state index contributed by atoms with van der Waals surface area (Å²) in [4.78, 5) is 22.1. The van der Waals surface area contributed by atoms with Gasteiger partial charge in [0.1, 0.15) is 5.75 Å². The molecule has 0 radical (unpaired) electrons. The molecule has 3 aromatic rings. The van der Waals surface area contributed by atoms with Crippen LogP contribution in [0.2, 0.25) is 0 Å². The Bertz CT molecular complexity index is 945. The minimum atomic E-state index is -0.346. The van der Waals surface area contributed by atoms with E-state index in [0.717, 1.165) is 21.2 Å². The van der Waals surface area contributed by atoms with E-state index in [2.05, 4.69) is 34.4 Å². The number of carbonyl (C=O) groups is 1. The van der Waals surface area contributed by atoms with E-state index in [1.165, 1.54) is 11.3 Å². The van der Waals surface area contributed by atoms with Crippen LogP contribution >= 0.6 is 23.1 Å². The largest absolute Gasteiger partial charge is 0.491 e. The lowest BCUT2D eigenvalue weighted by molar-refractivity contribution is 0.260. The molecule has 2 amide bonds. The average molecular weight is 429 g/mol. The number of amides is 2. The number of nitrogens with one attached hydrogen (secondary N) is 2. The highest BCUT2D eigenvalue weighted by Crippen LogP contribution is 2.28. The van der Waals surface area contributed by atoms with Crippen molar-refractivity contribution in [3.63, 3.8) is 0 Å². The maximum atomic E-state index is 12.4.